The van der Waals surface area contributed by atoms with Gasteiger partial charge in [-0.15, -0.1) is 0 Å². The zero-order valence-electron chi connectivity index (χ0n) is 16.1. The lowest BCUT2D eigenvalue weighted by molar-refractivity contribution is 0.0650. The second-order valence-electron chi connectivity index (χ2n) is 7.34. The van der Waals surface area contributed by atoms with Gasteiger partial charge in [-0.05, 0) is 11.1 Å². The topological polar surface area (TPSA) is 23.6 Å². The zero-order valence-corrected chi connectivity index (χ0v) is 16.1. The number of carbonyl (C=O) groups is 1. The number of rotatable bonds is 6. The predicted molar refractivity (Wildman–Crippen MR) is 113 cm³/mol. The van der Waals surface area contributed by atoms with Crippen LogP contribution in [0.4, 0.5) is 0 Å². The van der Waals surface area contributed by atoms with Gasteiger partial charge in [0, 0.05) is 38.3 Å². The third-order valence-electron chi connectivity index (χ3n) is 5.44. The van der Waals surface area contributed by atoms with Crippen LogP contribution in [0.5, 0.6) is 0 Å². The van der Waals surface area contributed by atoms with Gasteiger partial charge >= 0.3 is 0 Å². The minimum atomic E-state index is -0.220. The number of nitrogens with zero attached hydrogens (tertiary/aromatic N) is 2. The fraction of sp³-hybridized carbons (Fsp3) is 0.240. The van der Waals surface area contributed by atoms with Gasteiger partial charge in [-0.25, -0.2) is 0 Å². The SMILES string of the molecule is O=C(c1ccccc1)C(c1ccccc1)N1CCN(Cc2ccccc2)CC1. The Labute approximate surface area is 167 Å². The summed E-state index contributed by atoms with van der Waals surface area (Å²) in [6.45, 7) is 4.70. The zero-order chi connectivity index (χ0) is 19.2. The van der Waals surface area contributed by atoms with Gasteiger partial charge in [-0.1, -0.05) is 91.0 Å². The molecule has 28 heavy (non-hydrogen) atoms. The molecule has 3 aromatic rings. The summed E-state index contributed by atoms with van der Waals surface area (Å²) >= 11 is 0. The fourth-order valence-electron chi connectivity index (χ4n) is 3.94. The normalized spacial score (nSPS) is 16.6. The molecule has 3 nitrogen and oxygen atoms in total. The number of carbonyl (C=O) groups excluding carboxylic acids is 1. The van der Waals surface area contributed by atoms with Crippen molar-refractivity contribution < 1.29 is 4.79 Å². The van der Waals surface area contributed by atoms with Crippen LogP contribution in [-0.4, -0.2) is 41.8 Å². The predicted octanol–water partition coefficient (Wildman–Crippen LogP) is 4.43. The van der Waals surface area contributed by atoms with E-state index in [4.69, 9.17) is 0 Å². The Bertz CT molecular complexity index is 872. The van der Waals surface area contributed by atoms with E-state index in [0.717, 1.165) is 43.9 Å². The van der Waals surface area contributed by atoms with Gasteiger partial charge in [-0.2, -0.15) is 0 Å². The summed E-state index contributed by atoms with van der Waals surface area (Å²) in [5.41, 5.74) is 3.20. The van der Waals surface area contributed by atoms with Crippen molar-refractivity contribution in [3.8, 4) is 0 Å². The number of ketones is 1. The van der Waals surface area contributed by atoms with Crippen LogP contribution >= 0.6 is 0 Å². The molecule has 0 spiro atoms. The molecule has 1 heterocycles. The van der Waals surface area contributed by atoms with Gasteiger partial charge in [0.1, 0.15) is 0 Å². The van der Waals surface area contributed by atoms with E-state index in [-0.39, 0.29) is 11.8 Å². The molecular weight excluding hydrogens is 344 g/mol. The molecule has 0 radical (unpaired) electrons. The summed E-state index contributed by atoms with van der Waals surface area (Å²) in [4.78, 5) is 18.2. The average molecular weight is 370 g/mol. The Kier molecular flexibility index (Phi) is 5.95. The summed E-state index contributed by atoms with van der Waals surface area (Å²) in [6, 6.07) is 30.2. The van der Waals surface area contributed by atoms with Crippen molar-refractivity contribution in [1.82, 2.24) is 9.80 Å². The largest absolute Gasteiger partial charge is 0.297 e. The molecular formula is C25H26N2O. The molecule has 0 saturated carbocycles. The third-order valence-corrected chi connectivity index (χ3v) is 5.44. The minimum absolute atomic E-state index is 0.184. The van der Waals surface area contributed by atoms with Crippen LogP contribution in [0.1, 0.15) is 27.5 Å². The van der Waals surface area contributed by atoms with Gasteiger partial charge in [0.2, 0.25) is 0 Å². The van der Waals surface area contributed by atoms with Crippen LogP contribution in [0.2, 0.25) is 0 Å². The average Bonchev–Trinajstić information content (AvgIpc) is 2.77. The maximum atomic E-state index is 13.4. The van der Waals surface area contributed by atoms with Gasteiger partial charge in [0.05, 0.1) is 6.04 Å². The highest BCUT2D eigenvalue weighted by atomic mass is 16.1. The van der Waals surface area contributed by atoms with Crippen LogP contribution in [0.15, 0.2) is 91.0 Å². The Balaban J connectivity index is 1.49. The quantitative estimate of drug-likeness (QED) is 0.600. The van der Waals surface area contributed by atoms with Crippen LogP contribution in [0, 0.1) is 0 Å². The molecule has 3 heteroatoms. The van der Waals surface area contributed by atoms with Crippen LogP contribution in [0.25, 0.3) is 0 Å². The van der Waals surface area contributed by atoms with Gasteiger partial charge in [-0.3, -0.25) is 14.6 Å². The molecule has 1 aliphatic rings. The van der Waals surface area contributed by atoms with E-state index in [9.17, 15) is 4.79 Å². The molecule has 1 atom stereocenters. The monoisotopic (exact) mass is 370 g/mol. The molecule has 1 unspecified atom stereocenters. The highest BCUT2D eigenvalue weighted by Crippen LogP contribution is 2.26. The van der Waals surface area contributed by atoms with Crippen molar-refractivity contribution in [3.05, 3.63) is 108 Å². The van der Waals surface area contributed by atoms with Crippen molar-refractivity contribution in [2.45, 2.75) is 12.6 Å². The standard InChI is InChI=1S/C25H26N2O/c28-25(23-14-8-3-9-15-23)24(22-12-6-2-7-13-22)27-18-16-26(17-19-27)20-21-10-4-1-5-11-21/h1-15,24H,16-20H2. The van der Waals surface area contributed by atoms with Crippen molar-refractivity contribution in [2.75, 3.05) is 26.2 Å². The molecule has 142 valence electrons. The summed E-state index contributed by atoms with van der Waals surface area (Å²) in [5, 5.41) is 0. The third kappa shape index (κ3) is 4.38. The second-order valence-corrected chi connectivity index (χ2v) is 7.34. The Morgan fingerprint density at radius 1 is 0.714 bits per heavy atom. The van der Waals surface area contributed by atoms with E-state index in [0.29, 0.717) is 0 Å². The first-order valence-corrected chi connectivity index (χ1v) is 9.96. The number of piperazine rings is 1. The van der Waals surface area contributed by atoms with Gasteiger partial charge < -0.3 is 0 Å². The van der Waals surface area contributed by atoms with Crippen LogP contribution < -0.4 is 0 Å². The fourth-order valence-corrected chi connectivity index (χ4v) is 3.94. The Morgan fingerprint density at radius 2 is 1.25 bits per heavy atom. The molecule has 1 saturated heterocycles. The molecule has 0 amide bonds. The van der Waals surface area contributed by atoms with Crippen LogP contribution in [0.3, 0.4) is 0 Å². The molecule has 1 aliphatic heterocycles. The van der Waals surface area contributed by atoms with Gasteiger partial charge in [0.25, 0.3) is 0 Å². The van der Waals surface area contributed by atoms with E-state index in [2.05, 4.69) is 52.3 Å². The summed E-state index contributed by atoms with van der Waals surface area (Å²) in [5.74, 6) is 0.184. The lowest BCUT2D eigenvalue weighted by atomic mass is 9.95. The smallest absolute Gasteiger partial charge is 0.184 e. The van der Waals surface area contributed by atoms with E-state index in [1.54, 1.807) is 0 Å². The van der Waals surface area contributed by atoms with E-state index < -0.39 is 0 Å². The molecule has 0 N–H and O–H groups in total. The molecule has 1 fully saturated rings. The number of hydrogen-bond donors (Lipinski definition) is 0. The maximum Gasteiger partial charge on any atom is 0.184 e. The first kappa shape index (κ1) is 18.6. The van der Waals surface area contributed by atoms with E-state index in [1.165, 1.54) is 5.56 Å². The Hall–Kier alpha value is -2.75. The maximum absolute atomic E-state index is 13.4. The number of benzene rings is 3. The van der Waals surface area contributed by atoms with Gasteiger partial charge in [0.15, 0.2) is 5.78 Å². The first-order valence-electron chi connectivity index (χ1n) is 9.96. The lowest BCUT2D eigenvalue weighted by Gasteiger charge is -2.39. The molecule has 4 rings (SSSR count). The van der Waals surface area contributed by atoms with E-state index >= 15 is 0 Å². The highest BCUT2D eigenvalue weighted by molar-refractivity contribution is 6.00. The summed E-state index contributed by atoms with van der Waals surface area (Å²) in [7, 11) is 0. The van der Waals surface area contributed by atoms with Crippen molar-refractivity contribution in [2.24, 2.45) is 0 Å². The highest BCUT2D eigenvalue weighted by Gasteiger charge is 2.30. The lowest BCUT2D eigenvalue weighted by Crippen LogP contribution is -2.48. The molecule has 0 aromatic heterocycles. The van der Waals surface area contributed by atoms with E-state index in [1.807, 2.05) is 48.5 Å². The summed E-state index contributed by atoms with van der Waals surface area (Å²) < 4.78 is 0. The minimum Gasteiger partial charge on any atom is -0.297 e. The second kappa shape index (κ2) is 8.96. The van der Waals surface area contributed by atoms with Crippen molar-refractivity contribution >= 4 is 5.78 Å². The molecule has 0 aliphatic carbocycles. The van der Waals surface area contributed by atoms with Crippen molar-refractivity contribution in [3.63, 3.8) is 0 Å². The Morgan fingerprint density at radius 3 is 1.86 bits per heavy atom. The van der Waals surface area contributed by atoms with Crippen LogP contribution in [-0.2, 0) is 6.54 Å². The van der Waals surface area contributed by atoms with Crippen molar-refractivity contribution in [1.29, 1.82) is 0 Å². The molecule has 0 bridgehead atoms. The first-order chi connectivity index (χ1) is 13.8. The number of Topliss-reactive ketones (excluding diaryl/α,β-unsaturated/α-hetero) is 1. The summed E-state index contributed by atoms with van der Waals surface area (Å²) in [6.07, 6.45) is 0. The molecule has 3 aromatic carbocycles. The number of hydrogen-bond acceptors (Lipinski definition) is 3.